The second-order valence-electron chi connectivity index (χ2n) is 4.57. The molecule has 0 amide bonds. The molecule has 0 spiro atoms. The summed E-state index contributed by atoms with van der Waals surface area (Å²) in [4.78, 5) is 33.2. The minimum Gasteiger partial charge on any atom is -0.463 e. The van der Waals surface area contributed by atoms with Gasteiger partial charge in [-0.05, 0) is 6.42 Å². The number of hydrogen-bond acceptors (Lipinski definition) is 7. The monoisotopic (exact) mass is 288 g/mol. The molecule has 4 atom stereocenters. The average molecular weight is 288 g/mol. The summed E-state index contributed by atoms with van der Waals surface area (Å²) >= 11 is 0. The molecule has 114 valence electrons. The van der Waals surface area contributed by atoms with E-state index < -0.39 is 42.3 Å². The van der Waals surface area contributed by atoms with Crippen LogP contribution >= 0.6 is 0 Å². The van der Waals surface area contributed by atoms with Crippen molar-refractivity contribution >= 4 is 17.9 Å². The van der Waals surface area contributed by atoms with E-state index in [1.54, 1.807) is 0 Å². The molecule has 0 aliphatic carbocycles. The summed E-state index contributed by atoms with van der Waals surface area (Å²) in [6.07, 6.45) is -1.93. The number of ether oxygens (including phenoxy) is 4. The summed E-state index contributed by atoms with van der Waals surface area (Å²) in [5.74, 6) is -1.46. The molecule has 0 aromatic heterocycles. The fourth-order valence-electron chi connectivity index (χ4n) is 2.13. The highest BCUT2D eigenvalue weighted by molar-refractivity contribution is 5.68. The summed E-state index contributed by atoms with van der Waals surface area (Å²) in [6, 6.07) is 0. The van der Waals surface area contributed by atoms with Gasteiger partial charge in [0.1, 0.15) is 12.7 Å². The molecule has 20 heavy (non-hydrogen) atoms. The molecule has 1 aliphatic heterocycles. The predicted molar refractivity (Wildman–Crippen MR) is 66.7 cm³/mol. The predicted octanol–water partition coefficient (Wildman–Crippen LogP) is 0.590. The first kappa shape index (κ1) is 16.4. The number of rotatable bonds is 5. The SMILES string of the molecule is CC[C@@H]1O[C@H](COC(C)=O)[C@@H](OC(C)=O)[C@H]1OC(C)=O. The number of carbonyl (C=O) groups is 3. The molecule has 7 nitrogen and oxygen atoms in total. The van der Waals surface area contributed by atoms with Crippen molar-refractivity contribution in [2.75, 3.05) is 6.61 Å². The van der Waals surface area contributed by atoms with Gasteiger partial charge in [-0.25, -0.2) is 0 Å². The largest absolute Gasteiger partial charge is 0.463 e. The lowest BCUT2D eigenvalue weighted by molar-refractivity contribution is -0.165. The Bertz CT molecular complexity index is 379. The molecule has 1 aliphatic rings. The van der Waals surface area contributed by atoms with Crippen LogP contribution in [0.3, 0.4) is 0 Å². The van der Waals surface area contributed by atoms with Crippen LogP contribution in [0.5, 0.6) is 0 Å². The van der Waals surface area contributed by atoms with Crippen molar-refractivity contribution < 1.29 is 33.3 Å². The van der Waals surface area contributed by atoms with Gasteiger partial charge >= 0.3 is 17.9 Å². The van der Waals surface area contributed by atoms with Crippen LogP contribution in [0.15, 0.2) is 0 Å². The normalized spacial score (nSPS) is 28.8. The van der Waals surface area contributed by atoms with Gasteiger partial charge < -0.3 is 18.9 Å². The van der Waals surface area contributed by atoms with Crippen molar-refractivity contribution in [3.05, 3.63) is 0 Å². The summed E-state index contributed by atoms with van der Waals surface area (Å²) in [7, 11) is 0. The van der Waals surface area contributed by atoms with E-state index in [4.69, 9.17) is 18.9 Å². The Kier molecular flexibility index (Phi) is 5.94. The van der Waals surface area contributed by atoms with Crippen molar-refractivity contribution in [3.8, 4) is 0 Å². The minimum absolute atomic E-state index is 0.0540. The Morgan fingerprint density at radius 1 is 0.900 bits per heavy atom. The highest BCUT2D eigenvalue weighted by Crippen LogP contribution is 2.29. The van der Waals surface area contributed by atoms with Crippen LogP contribution in [0, 0.1) is 0 Å². The summed E-state index contributed by atoms with van der Waals surface area (Å²) in [5.41, 5.74) is 0. The van der Waals surface area contributed by atoms with Gasteiger partial charge in [0.05, 0.1) is 6.10 Å². The highest BCUT2D eigenvalue weighted by Gasteiger charge is 2.48. The fourth-order valence-corrected chi connectivity index (χ4v) is 2.13. The van der Waals surface area contributed by atoms with Gasteiger partial charge in [0, 0.05) is 20.8 Å². The number of esters is 3. The van der Waals surface area contributed by atoms with Crippen molar-refractivity contribution in [1.29, 1.82) is 0 Å². The maximum Gasteiger partial charge on any atom is 0.303 e. The maximum atomic E-state index is 11.2. The molecule has 0 unspecified atom stereocenters. The Labute approximate surface area is 117 Å². The average Bonchev–Trinajstić information content (AvgIpc) is 2.63. The summed E-state index contributed by atoms with van der Waals surface area (Å²) in [5, 5.41) is 0. The molecule has 1 rings (SSSR count). The summed E-state index contributed by atoms with van der Waals surface area (Å²) in [6.45, 7) is 5.61. The fraction of sp³-hybridized carbons (Fsp3) is 0.769. The van der Waals surface area contributed by atoms with Gasteiger partial charge in [-0.15, -0.1) is 0 Å². The standard InChI is InChI=1S/C13H20O7/c1-5-10-12(18-8(3)15)13(19-9(4)16)11(20-10)6-17-7(2)14/h10-13H,5-6H2,1-4H3/t10-,11+,12-,13+/m0/s1. The van der Waals surface area contributed by atoms with Crippen LogP contribution < -0.4 is 0 Å². The van der Waals surface area contributed by atoms with Crippen LogP contribution in [0.25, 0.3) is 0 Å². The quantitative estimate of drug-likeness (QED) is 0.540. The first-order valence-corrected chi connectivity index (χ1v) is 6.48. The minimum atomic E-state index is -0.777. The third-order valence-corrected chi connectivity index (χ3v) is 2.86. The second kappa shape index (κ2) is 7.23. The topological polar surface area (TPSA) is 88.1 Å². The number of carbonyl (C=O) groups excluding carboxylic acids is 3. The molecular formula is C13H20O7. The molecular weight excluding hydrogens is 268 g/mol. The molecule has 0 aromatic rings. The van der Waals surface area contributed by atoms with Crippen molar-refractivity contribution in [2.24, 2.45) is 0 Å². The van der Waals surface area contributed by atoms with E-state index in [0.717, 1.165) is 0 Å². The molecule has 1 fully saturated rings. The van der Waals surface area contributed by atoms with Crippen molar-refractivity contribution in [2.45, 2.75) is 58.5 Å². The molecule has 7 heteroatoms. The van der Waals surface area contributed by atoms with Crippen LogP contribution in [0.1, 0.15) is 34.1 Å². The van der Waals surface area contributed by atoms with E-state index in [2.05, 4.69) is 0 Å². The zero-order valence-electron chi connectivity index (χ0n) is 12.1. The molecule has 0 N–H and O–H groups in total. The Morgan fingerprint density at radius 3 is 1.80 bits per heavy atom. The maximum absolute atomic E-state index is 11.2. The van der Waals surface area contributed by atoms with Gasteiger partial charge in [0.25, 0.3) is 0 Å². The molecule has 0 saturated carbocycles. The van der Waals surface area contributed by atoms with Crippen LogP contribution in [-0.2, 0) is 33.3 Å². The van der Waals surface area contributed by atoms with E-state index in [-0.39, 0.29) is 6.61 Å². The third-order valence-electron chi connectivity index (χ3n) is 2.86. The molecule has 1 heterocycles. The van der Waals surface area contributed by atoms with Crippen molar-refractivity contribution in [1.82, 2.24) is 0 Å². The Balaban J connectivity index is 2.84. The van der Waals surface area contributed by atoms with E-state index in [0.29, 0.717) is 6.42 Å². The lowest BCUT2D eigenvalue weighted by atomic mass is 10.1. The Morgan fingerprint density at radius 2 is 1.40 bits per heavy atom. The van der Waals surface area contributed by atoms with Crippen LogP contribution in [-0.4, -0.2) is 48.9 Å². The zero-order valence-corrected chi connectivity index (χ0v) is 12.1. The lowest BCUT2D eigenvalue weighted by Gasteiger charge is -2.23. The Hall–Kier alpha value is -1.63. The molecule has 0 radical (unpaired) electrons. The highest BCUT2D eigenvalue weighted by atomic mass is 16.6. The second-order valence-corrected chi connectivity index (χ2v) is 4.57. The van der Waals surface area contributed by atoms with Gasteiger partial charge in [-0.2, -0.15) is 0 Å². The number of hydrogen-bond donors (Lipinski definition) is 0. The smallest absolute Gasteiger partial charge is 0.303 e. The van der Waals surface area contributed by atoms with Crippen molar-refractivity contribution in [3.63, 3.8) is 0 Å². The van der Waals surface area contributed by atoms with E-state index in [9.17, 15) is 14.4 Å². The molecule has 0 bridgehead atoms. The van der Waals surface area contributed by atoms with Crippen LogP contribution in [0.2, 0.25) is 0 Å². The molecule has 0 aromatic carbocycles. The van der Waals surface area contributed by atoms with Gasteiger partial charge in [-0.1, -0.05) is 6.92 Å². The van der Waals surface area contributed by atoms with E-state index in [1.807, 2.05) is 6.92 Å². The van der Waals surface area contributed by atoms with E-state index in [1.165, 1.54) is 20.8 Å². The summed E-state index contributed by atoms with van der Waals surface area (Å²) < 4.78 is 20.9. The molecule has 1 saturated heterocycles. The van der Waals surface area contributed by atoms with Gasteiger partial charge in [0.2, 0.25) is 0 Å². The third kappa shape index (κ3) is 4.48. The first-order valence-electron chi connectivity index (χ1n) is 6.48. The van der Waals surface area contributed by atoms with Crippen LogP contribution in [0.4, 0.5) is 0 Å². The van der Waals surface area contributed by atoms with E-state index >= 15 is 0 Å². The van der Waals surface area contributed by atoms with Gasteiger partial charge in [-0.3, -0.25) is 14.4 Å². The zero-order chi connectivity index (χ0) is 15.3. The first-order chi connectivity index (χ1) is 9.35. The lowest BCUT2D eigenvalue weighted by Crippen LogP contribution is -2.41. The van der Waals surface area contributed by atoms with Gasteiger partial charge in [0.15, 0.2) is 12.2 Å².